The fourth-order valence-electron chi connectivity index (χ4n) is 2.52. The third-order valence-electron chi connectivity index (χ3n) is 3.60. The van der Waals surface area contributed by atoms with Crippen LogP contribution in [0.1, 0.15) is 33.9 Å². The number of hydrogen-bond acceptors (Lipinski definition) is 4. The number of halogens is 1. The van der Waals surface area contributed by atoms with Crippen LogP contribution in [0.3, 0.4) is 0 Å². The number of carbonyl (C=O) groups excluding carboxylic acids is 1. The highest BCUT2D eigenvalue weighted by atomic mass is 35.5. The summed E-state index contributed by atoms with van der Waals surface area (Å²) in [6.45, 7) is 5.10. The molecular weight excluding hydrogens is 318 g/mol. The summed E-state index contributed by atoms with van der Waals surface area (Å²) in [5.74, 6) is 2.33. The van der Waals surface area contributed by atoms with Crippen molar-refractivity contribution in [2.24, 2.45) is 0 Å². The number of ether oxygens (including phenoxy) is 2. The summed E-state index contributed by atoms with van der Waals surface area (Å²) in [7, 11) is 0. The number of furan rings is 1. The predicted octanol–water partition coefficient (Wildman–Crippen LogP) is 3.64. The average Bonchev–Trinajstić information content (AvgIpc) is 2.72. The lowest BCUT2D eigenvalue weighted by Gasteiger charge is -2.12. The van der Waals surface area contributed by atoms with Gasteiger partial charge in [0.15, 0.2) is 11.5 Å². The van der Waals surface area contributed by atoms with E-state index in [-0.39, 0.29) is 5.91 Å². The van der Waals surface area contributed by atoms with E-state index in [1.165, 1.54) is 0 Å². The zero-order valence-corrected chi connectivity index (χ0v) is 13.8. The molecule has 1 aliphatic heterocycles. The fourth-order valence-corrected chi connectivity index (χ4v) is 2.81. The minimum Gasteiger partial charge on any atom is -0.489 e. The highest BCUT2D eigenvalue weighted by Gasteiger charge is 2.17. The molecule has 2 aromatic rings. The minimum absolute atomic E-state index is 0.178. The molecule has 1 amide bonds. The SMILES string of the molecule is Cc1cc(C(=O)NCc2cc(Cl)c3c(c2)OCCCO3)c(C)o1. The third kappa shape index (κ3) is 3.45. The van der Waals surface area contributed by atoms with Gasteiger partial charge in [0, 0.05) is 13.0 Å². The first-order valence-electron chi connectivity index (χ1n) is 7.48. The molecule has 1 aromatic carbocycles. The Kier molecular flexibility index (Phi) is 4.48. The van der Waals surface area contributed by atoms with Gasteiger partial charge in [0.05, 0.1) is 23.8 Å². The summed E-state index contributed by atoms with van der Waals surface area (Å²) in [6.07, 6.45) is 0.816. The number of amides is 1. The molecule has 1 aliphatic rings. The van der Waals surface area contributed by atoms with E-state index in [9.17, 15) is 4.79 Å². The molecule has 3 rings (SSSR count). The van der Waals surface area contributed by atoms with Gasteiger partial charge in [0.25, 0.3) is 5.91 Å². The zero-order chi connectivity index (χ0) is 16.4. The van der Waals surface area contributed by atoms with E-state index in [0.29, 0.717) is 53.4 Å². The Morgan fingerprint density at radius 2 is 2.00 bits per heavy atom. The van der Waals surface area contributed by atoms with Crippen LogP contribution >= 0.6 is 11.6 Å². The van der Waals surface area contributed by atoms with E-state index in [1.54, 1.807) is 19.1 Å². The van der Waals surface area contributed by atoms with Crippen molar-refractivity contribution in [1.82, 2.24) is 5.32 Å². The summed E-state index contributed by atoms with van der Waals surface area (Å²) < 4.78 is 16.6. The number of benzene rings is 1. The van der Waals surface area contributed by atoms with Crippen molar-refractivity contribution < 1.29 is 18.7 Å². The number of nitrogens with one attached hydrogen (secondary N) is 1. The van der Waals surface area contributed by atoms with Gasteiger partial charge in [-0.2, -0.15) is 0 Å². The number of hydrogen-bond donors (Lipinski definition) is 1. The first-order valence-corrected chi connectivity index (χ1v) is 7.85. The molecular formula is C17H18ClNO4. The molecule has 0 unspecified atom stereocenters. The van der Waals surface area contributed by atoms with E-state index in [4.69, 9.17) is 25.5 Å². The van der Waals surface area contributed by atoms with Crippen LogP contribution in [0, 0.1) is 13.8 Å². The minimum atomic E-state index is -0.178. The van der Waals surface area contributed by atoms with Gasteiger partial charge in [-0.15, -0.1) is 0 Å². The molecule has 0 bridgehead atoms. The maximum Gasteiger partial charge on any atom is 0.255 e. The van der Waals surface area contributed by atoms with E-state index in [2.05, 4.69) is 5.32 Å². The summed E-state index contributed by atoms with van der Waals surface area (Å²) in [4.78, 5) is 12.2. The largest absolute Gasteiger partial charge is 0.489 e. The summed E-state index contributed by atoms with van der Waals surface area (Å²) >= 11 is 6.25. The molecule has 122 valence electrons. The lowest BCUT2D eigenvalue weighted by Crippen LogP contribution is -2.23. The second kappa shape index (κ2) is 6.54. The van der Waals surface area contributed by atoms with Gasteiger partial charge in [-0.3, -0.25) is 4.79 Å². The van der Waals surface area contributed by atoms with E-state index < -0.39 is 0 Å². The maximum atomic E-state index is 12.2. The Bertz CT molecular complexity index is 738. The number of fused-ring (bicyclic) bond motifs is 1. The zero-order valence-electron chi connectivity index (χ0n) is 13.1. The second-order valence-electron chi connectivity index (χ2n) is 5.46. The summed E-state index contributed by atoms with van der Waals surface area (Å²) in [5, 5.41) is 3.35. The van der Waals surface area contributed by atoms with Crippen LogP contribution < -0.4 is 14.8 Å². The van der Waals surface area contributed by atoms with Crippen molar-refractivity contribution in [3.05, 3.63) is 45.9 Å². The molecule has 0 fully saturated rings. The number of aryl methyl sites for hydroxylation is 2. The van der Waals surface area contributed by atoms with Crippen LogP contribution in [0.15, 0.2) is 22.6 Å². The molecule has 0 saturated heterocycles. The van der Waals surface area contributed by atoms with Gasteiger partial charge in [-0.1, -0.05) is 11.6 Å². The van der Waals surface area contributed by atoms with Crippen molar-refractivity contribution in [2.45, 2.75) is 26.8 Å². The lowest BCUT2D eigenvalue weighted by atomic mass is 10.2. The van der Waals surface area contributed by atoms with Crippen LogP contribution in [-0.4, -0.2) is 19.1 Å². The number of carbonyl (C=O) groups is 1. The Labute approximate surface area is 139 Å². The maximum absolute atomic E-state index is 12.2. The van der Waals surface area contributed by atoms with Crippen LogP contribution in [0.4, 0.5) is 0 Å². The molecule has 1 aromatic heterocycles. The van der Waals surface area contributed by atoms with Crippen molar-refractivity contribution in [3.8, 4) is 11.5 Å². The first-order chi connectivity index (χ1) is 11.0. The molecule has 0 aliphatic carbocycles. The van der Waals surface area contributed by atoms with Crippen LogP contribution in [-0.2, 0) is 6.54 Å². The smallest absolute Gasteiger partial charge is 0.255 e. The van der Waals surface area contributed by atoms with Crippen LogP contribution in [0.5, 0.6) is 11.5 Å². The highest BCUT2D eigenvalue weighted by Crippen LogP contribution is 2.37. The van der Waals surface area contributed by atoms with Crippen LogP contribution in [0.2, 0.25) is 5.02 Å². The topological polar surface area (TPSA) is 60.7 Å². The Hall–Kier alpha value is -2.14. The summed E-state index contributed by atoms with van der Waals surface area (Å²) in [5.41, 5.74) is 1.40. The Balaban J connectivity index is 1.73. The number of rotatable bonds is 3. The molecule has 0 saturated carbocycles. The lowest BCUT2D eigenvalue weighted by molar-refractivity contribution is 0.0949. The standard InChI is InChI=1S/C17H18ClNO4/c1-10-6-13(11(2)23-10)17(20)19-9-12-7-14(18)16-15(8-12)21-4-3-5-22-16/h6-8H,3-5,9H2,1-2H3,(H,19,20). The van der Waals surface area contributed by atoms with Crippen LogP contribution in [0.25, 0.3) is 0 Å². The van der Waals surface area contributed by atoms with Gasteiger partial charge in [-0.05, 0) is 37.6 Å². The quantitative estimate of drug-likeness (QED) is 0.930. The van der Waals surface area contributed by atoms with Gasteiger partial charge < -0.3 is 19.2 Å². The van der Waals surface area contributed by atoms with Gasteiger partial charge in [0.1, 0.15) is 11.5 Å². The van der Waals surface area contributed by atoms with Crippen molar-refractivity contribution in [2.75, 3.05) is 13.2 Å². The normalized spacial score (nSPS) is 13.5. The second-order valence-corrected chi connectivity index (χ2v) is 5.87. The van der Waals surface area contributed by atoms with E-state index in [1.807, 2.05) is 13.0 Å². The Morgan fingerprint density at radius 3 is 2.74 bits per heavy atom. The third-order valence-corrected chi connectivity index (χ3v) is 3.88. The monoisotopic (exact) mass is 335 g/mol. The van der Waals surface area contributed by atoms with E-state index >= 15 is 0 Å². The van der Waals surface area contributed by atoms with Gasteiger partial charge >= 0.3 is 0 Å². The van der Waals surface area contributed by atoms with Gasteiger partial charge in [0.2, 0.25) is 0 Å². The van der Waals surface area contributed by atoms with Crippen molar-refractivity contribution in [1.29, 1.82) is 0 Å². The highest BCUT2D eigenvalue weighted by molar-refractivity contribution is 6.32. The van der Waals surface area contributed by atoms with Gasteiger partial charge in [-0.25, -0.2) is 0 Å². The molecule has 0 radical (unpaired) electrons. The molecule has 2 heterocycles. The molecule has 23 heavy (non-hydrogen) atoms. The molecule has 0 atom stereocenters. The van der Waals surface area contributed by atoms with Crippen molar-refractivity contribution in [3.63, 3.8) is 0 Å². The molecule has 0 spiro atoms. The fraction of sp³-hybridized carbons (Fsp3) is 0.353. The molecule has 1 N–H and O–H groups in total. The average molecular weight is 336 g/mol. The molecule has 6 heteroatoms. The Morgan fingerprint density at radius 1 is 1.22 bits per heavy atom. The predicted molar refractivity (Wildman–Crippen MR) is 86.4 cm³/mol. The van der Waals surface area contributed by atoms with E-state index in [0.717, 1.165) is 12.0 Å². The molecule has 5 nitrogen and oxygen atoms in total. The first kappa shape index (κ1) is 15.7. The van der Waals surface area contributed by atoms with Crippen molar-refractivity contribution >= 4 is 17.5 Å². The summed E-state index contributed by atoms with van der Waals surface area (Å²) in [6, 6.07) is 5.36.